The molecule has 0 aliphatic rings. The van der Waals surface area contributed by atoms with Crippen LogP contribution in [0.4, 0.5) is 0 Å². The number of imidazole rings is 1. The van der Waals surface area contributed by atoms with Crippen LogP contribution in [0.1, 0.15) is 22.4 Å². The average Bonchev–Trinajstić information content (AvgIpc) is 3.26. The zero-order valence-corrected chi connectivity index (χ0v) is 16.3. The number of nitrogens with zero attached hydrogens (tertiary/aromatic N) is 3. The monoisotopic (exact) mass is 393 g/mol. The van der Waals surface area contributed by atoms with Crippen LogP contribution in [0, 0.1) is 0 Å². The molecule has 2 heterocycles. The molecule has 0 radical (unpaired) electrons. The van der Waals surface area contributed by atoms with Crippen LogP contribution in [0.15, 0.2) is 40.6 Å². The number of aromatic nitrogens is 2. The topological polar surface area (TPSA) is 81.5 Å². The van der Waals surface area contributed by atoms with Gasteiger partial charge in [0.2, 0.25) is 10.0 Å². The molecular weight excluding hydrogens is 374 g/mol. The van der Waals surface area contributed by atoms with E-state index >= 15 is 0 Å². The summed E-state index contributed by atoms with van der Waals surface area (Å²) in [7, 11) is -0.562. The fraction of sp³-hybridized carbons (Fsp3) is 0.294. The lowest BCUT2D eigenvalue weighted by atomic mass is 10.3. The molecule has 0 fully saturated rings. The number of benzene rings is 1. The van der Waals surface area contributed by atoms with E-state index in [1.807, 2.05) is 16.9 Å². The third-order valence-corrected chi connectivity index (χ3v) is 6.61. The van der Waals surface area contributed by atoms with E-state index in [4.69, 9.17) is 4.74 Å². The second-order valence-corrected chi connectivity index (χ2v) is 8.86. The van der Waals surface area contributed by atoms with Gasteiger partial charge < -0.3 is 9.30 Å². The Morgan fingerprint density at radius 2 is 2.08 bits per heavy atom. The van der Waals surface area contributed by atoms with Crippen molar-refractivity contribution in [3.63, 3.8) is 0 Å². The molecule has 2 aromatic heterocycles. The van der Waals surface area contributed by atoms with Gasteiger partial charge >= 0.3 is 5.97 Å². The summed E-state index contributed by atoms with van der Waals surface area (Å²) in [4.78, 5) is 17.2. The molecule has 0 bridgehead atoms. The minimum absolute atomic E-state index is 0.0228. The van der Waals surface area contributed by atoms with Gasteiger partial charge in [-0.25, -0.2) is 22.5 Å². The molecule has 0 saturated carbocycles. The molecule has 1 aromatic carbocycles. The van der Waals surface area contributed by atoms with Crippen molar-refractivity contribution in [3.8, 4) is 0 Å². The molecule has 7 nitrogen and oxygen atoms in total. The van der Waals surface area contributed by atoms with Crippen molar-refractivity contribution in [2.45, 2.75) is 25.0 Å². The molecule has 138 valence electrons. The second kappa shape index (κ2) is 7.18. The summed E-state index contributed by atoms with van der Waals surface area (Å²) in [5.41, 5.74) is 1.35. The fourth-order valence-electron chi connectivity index (χ4n) is 2.59. The highest BCUT2D eigenvalue weighted by atomic mass is 32.2. The van der Waals surface area contributed by atoms with E-state index in [0.29, 0.717) is 22.8 Å². The van der Waals surface area contributed by atoms with Crippen molar-refractivity contribution in [2.75, 3.05) is 14.1 Å². The van der Waals surface area contributed by atoms with E-state index in [1.54, 1.807) is 30.3 Å². The molecule has 0 amide bonds. The fourth-order valence-corrected chi connectivity index (χ4v) is 4.13. The Bertz CT molecular complexity index is 1040. The first kappa shape index (κ1) is 18.6. The van der Waals surface area contributed by atoms with Gasteiger partial charge in [0.15, 0.2) is 0 Å². The number of hydrogen-bond donors (Lipinski definition) is 0. The Balaban J connectivity index is 1.92. The maximum atomic E-state index is 12.3. The Morgan fingerprint density at radius 3 is 2.69 bits per heavy atom. The first-order valence-corrected chi connectivity index (χ1v) is 10.3. The maximum Gasteiger partial charge on any atom is 0.348 e. The zero-order valence-electron chi connectivity index (χ0n) is 14.7. The minimum Gasteiger partial charge on any atom is -0.453 e. The first-order valence-electron chi connectivity index (χ1n) is 7.97. The lowest BCUT2D eigenvalue weighted by molar-refractivity contribution is 0.0464. The highest BCUT2D eigenvalue weighted by Crippen LogP contribution is 2.23. The summed E-state index contributed by atoms with van der Waals surface area (Å²) >= 11 is 1.32. The lowest BCUT2D eigenvalue weighted by Gasteiger charge is -2.11. The molecule has 0 saturated heterocycles. The van der Waals surface area contributed by atoms with Crippen LogP contribution in [-0.4, -0.2) is 42.3 Å². The Kier molecular flexibility index (Phi) is 5.12. The third kappa shape index (κ3) is 3.37. The summed E-state index contributed by atoms with van der Waals surface area (Å²) < 4.78 is 33.0. The first-order chi connectivity index (χ1) is 12.3. The molecule has 3 aromatic rings. The minimum atomic E-state index is -3.53. The van der Waals surface area contributed by atoms with Crippen LogP contribution >= 0.6 is 11.3 Å². The Labute approximate surface area is 155 Å². The van der Waals surface area contributed by atoms with E-state index in [9.17, 15) is 13.2 Å². The molecule has 0 unspecified atom stereocenters. The summed E-state index contributed by atoms with van der Waals surface area (Å²) in [6.45, 7) is 2.60. The van der Waals surface area contributed by atoms with Crippen LogP contribution in [0.2, 0.25) is 0 Å². The molecule has 0 aliphatic carbocycles. The molecule has 26 heavy (non-hydrogen) atoms. The van der Waals surface area contributed by atoms with Crippen LogP contribution in [-0.2, 0) is 27.9 Å². The quantitative estimate of drug-likeness (QED) is 0.602. The van der Waals surface area contributed by atoms with E-state index in [-0.39, 0.29) is 11.5 Å². The van der Waals surface area contributed by atoms with Gasteiger partial charge in [0.1, 0.15) is 17.3 Å². The molecular formula is C17H19N3O4S2. The van der Waals surface area contributed by atoms with Gasteiger partial charge in [-0.2, -0.15) is 0 Å². The van der Waals surface area contributed by atoms with Crippen molar-refractivity contribution >= 4 is 38.4 Å². The molecule has 3 rings (SSSR count). The number of fused-ring (bicyclic) bond motifs is 1. The van der Waals surface area contributed by atoms with Crippen LogP contribution in [0.3, 0.4) is 0 Å². The standard InChI is InChI=1S/C17H19N3O4S2/c1-4-20-14-8-7-12(26(22,23)19(2)3)10-13(14)18-16(20)11-24-17(21)15-6-5-9-25-15/h5-10H,4,11H2,1-3H3. The van der Waals surface area contributed by atoms with Crippen LogP contribution < -0.4 is 0 Å². The molecule has 0 spiro atoms. The highest BCUT2D eigenvalue weighted by Gasteiger charge is 2.20. The van der Waals surface area contributed by atoms with Crippen molar-refractivity contribution in [1.82, 2.24) is 13.9 Å². The van der Waals surface area contributed by atoms with Gasteiger partial charge in [0.25, 0.3) is 0 Å². The van der Waals surface area contributed by atoms with E-state index in [1.165, 1.54) is 25.4 Å². The average molecular weight is 393 g/mol. The molecule has 0 N–H and O–H groups in total. The molecule has 9 heteroatoms. The van der Waals surface area contributed by atoms with Gasteiger partial charge in [-0.1, -0.05) is 6.07 Å². The van der Waals surface area contributed by atoms with Gasteiger partial charge in [-0.15, -0.1) is 11.3 Å². The largest absolute Gasteiger partial charge is 0.453 e. The SMILES string of the molecule is CCn1c(COC(=O)c2cccs2)nc2cc(S(=O)(=O)N(C)C)ccc21. The summed E-state index contributed by atoms with van der Waals surface area (Å²) in [5.74, 6) is 0.178. The van der Waals surface area contributed by atoms with Gasteiger partial charge in [-0.05, 0) is 36.6 Å². The number of hydrogen-bond acceptors (Lipinski definition) is 6. The summed E-state index contributed by atoms with van der Waals surface area (Å²) in [6.07, 6.45) is 0. The number of sulfonamides is 1. The molecule has 0 aliphatic heterocycles. The smallest absolute Gasteiger partial charge is 0.348 e. The number of ether oxygens (including phenoxy) is 1. The van der Waals surface area contributed by atoms with E-state index in [2.05, 4.69) is 4.98 Å². The lowest BCUT2D eigenvalue weighted by Crippen LogP contribution is -2.22. The normalized spacial score (nSPS) is 12.0. The predicted octanol–water partition coefficient (Wildman–Crippen LogP) is 2.73. The van der Waals surface area contributed by atoms with Crippen molar-refractivity contribution < 1.29 is 17.9 Å². The molecule has 0 atom stereocenters. The number of thiophene rings is 1. The number of rotatable bonds is 6. The maximum absolute atomic E-state index is 12.3. The second-order valence-electron chi connectivity index (χ2n) is 5.76. The number of aryl methyl sites for hydroxylation is 1. The van der Waals surface area contributed by atoms with Crippen molar-refractivity contribution in [3.05, 3.63) is 46.4 Å². The van der Waals surface area contributed by atoms with Crippen LogP contribution in [0.25, 0.3) is 11.0 Å². The van der Waals surface area contributed by atoms with Crippen molar-refractivity contribution in [2.24, 2.45) is 0 Å². The van der Waals surface area contributed by atoms with Crippen molar-refractivity contribution in [1.29, 1.82) is 0 Å². The number of carbonyl (C=O) groups excluding carboxylic acids is 1. The Morgan fingerprint density at radius 1 is 1.31 bits per heavy atom. The number of carbonyl (C=O) groups is 1. The van der Waals surface area contributed by atoms with E-state index < -0.39 is 16.0 Å². The third-order valence-electron chi connectivity index (χ3n) is 3.95. The summed E-state index contributed by atoms with van der Waals surface area (Å²) in [5, 5.41) is 1.81. The zero-order chi connectivity index (χ0) is 18.9. The van der Waals surface area contributed by atoms with Crippen LogP contribution in [0.5, 0.6) is 0 Å². The summed E-state index contributed by atoms with van der Waals surface area (Å²) in [6, 6.07) is 8.32. The van der Waals surface area contributed by atoms with Gasteiger partial charge in [0.05, 0.1) is 15.9 Å². The van der Waals surface area contributed by atoms with Gasteiger partial charge in [0, 0.05) is 20.6 Å². The highest BCUT2D eigenvalue weighted by molar-refractivity contribution is 7.89. The predicted molar refractivity (Wildman–Crippen MR) is 99.7 cm³/mol. The van der Waals surface area contributed by atoms with Gasteiger partial charge in [-0.3, -0.25) is 0 Å². The Hall–Kier alpha value is -2.23. The number of esters is 1. The van der Waals surface area contributed by atoms with E-state index in [0.717, 1.165) is 9.82 Å².